The lowest BCUT2D eigenvalue weighted by atomic mass is 9.93. The zero-order chi connectivity index (χ0) is 16.3. The second kappa shape index (κ2) is 6.98. The van der Waals surface area contributed by atoms with E-state index in [1.165, 1.54) is 0 Å². The first-order valence-electron chi connectivity index (χ1n) is 7.13. The third-order valence-electron chi connectivity index (χ3n) is 3.52. The zero-order valence-corrected chi connectivity index (χ0v) is 13.2. The maximum absolute atomic E-state index is 11.3. The van der Waals surface area contributed by atoms with Crippen LogP contribution in [0.5, 0.6) is 11.5 Å². The Labute approximate surface area is 133 Å². The minimum Gasteiger partial charge on any atom is -0.506 e. The van der Waals surface area contributed by atoms with Gasteiger partial charge in [-0.3, -0.25) is 4.79 Å². The van der Waals surface area contributed by atoms with Crippen LogP contribution in [0.2, 0.25) is 5.02 Å². The highest BCUT2D eigenvalue weighted by molar-refractivity contribution is 6.34. The van der Waals surface area contributed by atoms with Gasteiger partial charge in [-0.1, -0.05) is 25.4 Å². The van der Waals surface area contributed by atoms with Crippen LogP contribution in [0.1, 0.15) is 32.3 Å². The number of carbonyl (C=O) groups excluding carboxylic acids is 1. The van der Waals surface area contributed by atoms with Crippen LogP contribution in [0, 0.1) is 5.92 Å². The number of hydrogen-bond donors (Lipinski definition) is 3. The van der Waals surface area contributed by atoms with Crippen molar-refractivity contribution in [1.82, 2.24) is 5.43 Å². The van der Waals surface area contributed by atoms with Crippen LogP contribution in [0.3, 0.4) is 0 Å². The number of benzene rings is 1. The lowest BCUT2D eigenvalue weighted by molar-refractivity contribution is -0.121. The number of aliphatic hydroxyl groups excluding tert-OH is 1. The predicted octanol–water partition coefficient (Wildman–Crippen LogP) is 2.06. The van der Waals surface area contributed by atoms with E-state index in [9.17, 15) is 15.0 Å². The highest BCUT2D eigenvalue weighted by Crippen LogP contribution is 2.38. The number of aromatic hydroxyl groups is 1. The number of nitrogens with zero attached hydrogens (tertiary/aromatic N) is 1. The van der Waals surface area contributed by atoms with Gasteiger partial charge in [0.25, 0.3) is 0 Å². The van der Waals surface area contributed by atoms with E-state index >= 15 is 0 Å². The SMILES string of the molecule is CCC(O)COc1ccc(C2=NNC(=O)CC2C)c(O)c1Cl. The maximum Gasteiger partial charge on any atom is 0.240 e. The third-order valence-corrected chi connectivity index (χ3v) is 3.88. The quantitative estimate of drug-likeness (QED) is 0.772. The van der Waals surface area contributed by atoms with E-state index < -0.39 is 6.10 Å². The number of hydrazone groups is 1. The van der Waals surface area contributed by atoms with Gasteiger partial charge in [-0.05, 0) is 18.6 Å². The summed E-state index contributed by atoms with van der Waals surface area (Å²) in [4.78, 5) is 11.3. The summed E-state index contributed by atoms with van der Waals surface area (Å²) in [5.74, 6) is -0.129. The predicted molar refractivity (Wildman–Crippen MR) is 83.4 cm³/mol. The average Bonchev–Trinajstić information content (AvgIpc) is 2.49. The molecule has 0 aromatic heterocycles. The van der Waals surface area contributed by atoms with Crippen molar-refractivity contribution < 1.29 is 19.7 Å². The van der Waals surface area contributed by atoms with Gasteiger partial charge in [0.05, 0.1) is 11.8 Å². The Morgan fingerprint density at radius 2 is 2.27 bits per heavy atom. The van der Waals surface area contributed by atoms with Gasteiger partial charge in [-0.2, -0.15) is 5.10 Å². The molecular weight excluding hydrogens is 308 g/mol. The first-order valence-corrected chi connectivity index (χ1v) is 7.51. The second-order valence-electron chi connectivity index (χ2n) is 5.28. The zero-order valence-electron chi connectivity index (χ0n) is 12.5. The number of rotatable bonds is 5. The Bertz CT molecular complexity index is 603. The van der Waals surface area contributed by atoms with Crippen molar-refractivity contribution in [2.24, 2.45) is 11.0 Å². The monoisotopic (exact) mass is 326 g/mol. The van der Waals surface area contributed by atoms with Gasteiger partial charge >= 0.3 is 0 Å². The van der Waals surface area contributed by atoms with Gasteiger partial charge in [0.15, 0.2) is 0 Å². The first-order chi connectivity index (χ1) is 10.4. The van der Waals surface area contributed by atoms with Crippen molar-refractivity contribution in [2.75, 3.05) is 6.61 Å². The third kappa shape index (κ3) is 3.51. The van der Waals surface area contributed by atoms with E-state index in [0.717, 1.165) is 0 Å². The Morgan fingerprint density at radius 1 is 1.55 bits per heavy atom. The summed E-state index contributed by atoms with van der Waals surface area (Å²) < 4.78 is 5.40. The number of phenolic OH excluding ortho intramolecular Hbond substituents is 1. The molecule has 1 aliphatic heterocycles. The summed E-state index contributed by atoms with van der Waals surface area (Å²) in [7, 11) is 0. The molecule has 120 valence electrons. The van der Waals surface area contributed by atoms with Gasteiger partial charge in [-0.25, -0.2) is 5.43 Å². The molecule has 2 unspecified atom stereocenters. The summed E-state index contributed by atoms with van der Waals surface area (Å²) >= 11 is 6.12. The molecule has 1 aliphatic rings. The average molecular weight is 327 g/mol. The van der Waals surface area contributed by atoms with Crippen LogP contribution < -0.4 is 10.2 Å². The number of hydrogen-bond acceptors (Lipinski definition) is 5. The molecule has 2 rings (SSSR count). The number of aliphatic hydroxyl groups is 1. The van der Waals surface area contributed by atoms with Crippen molar-refractivity contribution in [1.29, 1.82) is 0 Å². The fourth-order valence-electron chi connectivity index (χ4n) is 2.15. The molecular formula is C15H19ClN2O4. The number of phenols is 1. The Kier molecular flexibility index (Phi) is 5.26. The molecule has 6 nitrogen and oxygen atoms in total. The molecule has 2 atom stereocenters. The van der Waals surface area contributed by atoms with Crippen LogP contribution in [-0.2, 0) is 4.79 Å². The van der Waals surface area contributed by atoms with Crippen molar-refractivity contribution in [3.8, 4) is 11.5 Å². The van der Waals surface area contributed by atoms with Gasteiger partial charge in [-0.15, -0.1) is 0 Å². The summed E-state index contributed by atoms with van der Waals surface area (Å²) in [6.07, 6.45) is 0.280. The molecule has 7 heteroatoms. The number of carbonyl (C=O) groups is 1. The van der Waals surface area contributed by atoms with Crippen LogP contribution in [0.25, 0.3) is 0 Å². The Morgan fingerprint density at radius 3 is 2.91 bits per heavy atom. The summed E-state index contributed by atoms with van der Waals surface area (Å²) in [6, 6.07) is 3.26. The normalized spacial score (nSPS) is 19.4. The number of nitrogens with one attached hydrogen (secondary N) is 1. The molecule has 0 bridgehead atoms. The van der Waals surface area contributed by atoms with Gasteiger partial charge < -0.3 is 14.9 Å². The molecule has 0 spiro atoms. The molecule has 22 heavy (non-hydrogen) atoms. The van der Waals surface area contributed by atoms with Crippen molar-refractivity contribution in [3.05, 3.63) is 22.7 Å². The highest BCUT2D eigenvalue weighted by atomic mass is 35.5. The van der Waals surface area contributed by atoms with E-state index in [-0.39, 0.29) is 29.2 Å². The number of ether oxygens (including phenoxy) is 1. The molecule has 0 aliphatic carbocycles. The van der Waals surface area contributed by atoms with Gasteiger partial charge in [0.1, 0.15) is 23.1 Å². The summed E-state index contributed by atoms with van der Waals surface area (Å²) in [5, 5.41) is 23.8. The Hall–Kier alpha value is -1.79. The molecule has 1 heterocycles. The molecule has 0 saturated heterocycles. The van der Waals surface area contributed by atoms with Crippen LogP contribution >= 0.6 is 11.6 Å². The van der Waals surface area contributed by atoms with Crippen molar-refractivity contribution in [2.45, 2.75) is 32.8 Å². The van der Waals surface area contributed by atoms with E-state index in [1.54, 1.807) is 12.1 Å². The van der Waals surface area contributed by atoms with E-state index in [1.807, 2.05) is 13.8 Å². The minimum absolute atomic E-state index is 0.0626. The minimum atomic E-state index is -0.587. The topological polar surface area (TPSA) is 91.2 Å². The first kappa shape index (κ1) is 16.6. The fraction of sp³-hybridized carbons (Fsp3) is 0.467. The van der Waals surface area contributed by atoms with Crippen molar-refractivity contribution >= 4 is 23.2 Å². The van der Waals surface area contributed by atoms with Crippen LogP contribution in [0.15, 0.2) is 17.2 Å². The second-order valence-corrected chi connectivity index (χ2v) is 5.66. The molecule has 1 aromatic carbocycles. The standard InChI is InChI=1S/C15H19ClN2O4/c1-3-9(19)7-22-11-5-4-10(15(21)13(11)16)14-8(2)6-12(20)17-18-14/h4-5,8-9,19,21H,3,6-7H2,1-2H3,(H,17,20). The number of halogens is 1. The van der Waals surface area contributed by atoms with Crippen LogP contribution in [-0.4, -0.2) is 34.5 Å². The molecule has 1 aromatic rings. The fourth-order valence-corrected chi connectivity index (χ4v) is 2.37. The summed E-state index contributed by atoms with van der Waals surface area (Å²) in [6.45, 7) is 3.79. The maximum atomic E-state index is 11.3. The van der Waals surface area contributed by atoms with Crippen LogP contribution in [0.4, 0.5) is 0 Å². The van der Waals surface area contributed by atoms with Gasteiger partial charge in [0, 0.05) is 17.9 Å². The summed E-state index contributed by atoms with van der Waals surface area (Å²) in [5.41, 5.74) is 3.43. The molecule has 0 fully saturated rings. The highest BCUT2D eigenvalue weighted by Gasteiger charge is 2.25. The molecule has 0 radical (unpaired) electrons. The lowest BCUT2D eigenvalue weighted by Crippen LogP contribution is -2.32. The molecule has 3 N–H and O–H groups in total. The largest absolute Gasteiger partial charge is 0.506 e. The smallest absolute Gasteiger partial charge is 0.240 e. The number of amides is 1. The lowest BCUT2D eigenvalue weighted by Gasteiger charge is -2.21. The van der Waals surface area contributed by atoms with E-state index in [2.05, 4.69) is 10.5 Å². The molecule has 0 saturated carbocycles. The molecule has 1 amide bonds. The van der Waals surface area contributed by atoms with Gasteiger partial charge in [0.2, 0.25) is 5.91 Å². The van der Waals surface area contributed by atoms with E-state index in [0.29, 0.717) is 29.9 Å². The Balaban J connectivity index is 2.25. The van der Waals surface area contributed by atoms with E-state index in [4.69, 9.17) is 16.3 Å². The van der Waals surface area contributed by atoms with Crippen molar-refractivity contribution in [3.63, 3.8) is 0 Å².